The number of carbonyl (C=O) groups is 1. The Kier molecular flexibility index (Phi) is 7.16. The third kappa shape index (κ3) is 5.48. The number of anilines is 1. The molecule has 0 bridgehead atoms. The summed E-state index contributed by atoms with van der Waals surface area (Å²) in [6.07, 6.45) is 9.01. The summed E-state index contributed by atoms with van der Waals surface area (Å²) in [6, 6.07) is 5.98. The summed E-state index contributed by atoms with van der Waals surface area (Å²) in [5.74, 6) is 0. The van der Waals surface area contributed by atoms with Crippen LogP contribution in [0.1, 0.15) is 56.2 Å². The Morgan fingerprint density at radius 2 is 1.81 bits per heavy atom. The highest BCUT2D eigenvalue weighted by Gasteiger charge is 2.18. The van der Waals surface area contributed by atoms with Gasteiger partial charge in [0.15, 0.2) is 0 Å². The van der Waals surface area contributed by atoms with E-state index in [4.69, 9.17) is 21.7 Å². The number of carboxylic acid groups (broad SMARTS) is 1. The van der Waals surface area contributed by atoms with Crippen LogP contribution in [-0.2, 0) is 12.8 Å². The molecule has 3 N–H and O–H groups in total. The number of aromatic nitrogens is 1. The number of pyridine rings is 1. The number of hydrogen-bond donors (Lipinski definition) is 3. The largest absolute Gasteiger partial charge is 0.465 e. The molecule has 3 rings (SSSR count). The molecule has 1 amide bonds. The summed E-state index contributed by atoms with van der Waals surface area (Å²) >= 11 is 6.17. The molecule has 2 aromatic rings. The zero-order valence-corrected chi connectivity index (χ0v) is 16.4. The van der Waals surface area contributed by atoms with Gasteiger partial charge in [-0.2, -0.15) is 0 Å². The molecule has 1 aromatic carbocycles. The lowest BCUT2D eigenvalue weighted by atomic mass is 9.92. The first-order valence-electron chi connectivity index (χ1n) is 9.97. The molecule has 1 aliphatic carbocycles. The van der Waals surface area contributed by atoms with Gasteiger partial charge in [0.2, 0.25) is 0 Å². The molecule has 1 heterocycles. The summed E-state index contributed by atoms with van der Waals surface area (Å²) in [5.41, 5.74) is 4.84. The fourth-order valence-electron chi connectivity index (χ4n) is 3.79. The molecule has 0 aliphatic heterocycles. The number of amides is 1. The molecule has 1 aliphatic rings. The SMILES string of the molecule is O=C(O)NCCCCCCCNc1c2c(nc3cc(Cl)ccc13)CCCC2. The molecular formula is C21H28ClN3O2. The Morgan fingerprint density at radius 3 is 2.63 bits per heavy atom. The van der Waals surface area contributed by atoms with Gasteiger partial charge < -0.3 is 15.7 Å². The average Bonchev–Trinajstić information content (AvgIpc) is 2.65. The Labute approximate surface area is 165 Å². The zero-order chi connectivity index (χ0) is 19.1. The van der Waals surface area contributed by atoms with E-state index in [-0.39, 0.29) is 0 Å². The van der Waals surface area contributed by atoms with Crippen LogP contribution in [0.3, 0.4) is 0 Å². The Balaban J connectivity index is 1.54. The molecule has 5 nitrogen and oxygen atoms in total. The lowest BCUT2D eigenvalue weighted by molar-refractivity contribution is 0.194. The predicted octanol–water partition coefficient (Wildman–Crippen LogP) is 5.40. The third-order valence-electron chi connectivity index (χ3n) is 5.16. The van der Waals surface area contributed by atoms with Crippen molar-refractivity contribution in [2.24, 2.45) is 0 Å². The minimum atomic E-state index is -0.937. The van der Waals surface area contributed by atoms with Crippen LogP contribution in [0.2, 0.25) is 5.02 Å². The molecular weight excluding hydrogens is 362 g/mol. The molecule has 0 saturated carbocycles. The van der Waals surface area contributed by atoms with Crippen LogP contribution >= 0.6 is 11.6 Å². The van der Waals surface area contributed by atoms with Gasteiger partial charge in [0.05, 0.1) is 5.52 Å². The van der Waals surface area contributed by atoms with Gasteiger partial charge in [-0.15, -0.1) is 0 Å². The first-order chi connectivity index (χ1) is 13.1. The molecule has 146 valence electrons. The van der Waals surface area contributed by atoms with Crippen LogP contribution < -0.4 is 10.6 Å². The number of nitrogens with zero attached hydrogens (tertiary/aromatic N) is 1. The number of unbranched alkanes of at least 4 members (excludes halogenated alkanes) is 4. The molecule has 0 radical (unpaired) electrons. The van der Waals surface area contributed by atoms with Gasteiger partial charge in [0, 0.05) is 34.9 Å². The van der Waals surface area contributed by atoms with Gasteiger partial charge in [0.25, 0.3) is 0 Å². The number of benzene rings is 1. The van der Waals surface area contributed by atoms with E-state index in [0.29, 0.717) is 6.54 Å². The molecule has 27 heavy (non-hydrogen) atoms. The second-order valence-corrected chi connectivity index (χ2v) is 7.64. The molecule has 1 aromatic heterocycles. The lowest BCUT2D eigenvalue weighted by Gasteiger charge is -2.22. The number of nitrogens with one attached hydrogen (secondary N) is 2. The first-order valence-corrected chi connectivity index (χ1v) is 10.3. The zero-order valence-electron chi connectivity index (χ0n) is 15.7. The van der Waals surface area contributed by atoms with Crippen molar-refractivity contribution in [3.63, 3.8) is 0 Å². The number of fused-ring (bicyclic) bond motifs is 2. The van der Waals surface area contributed by atoms with Crippen molar-refractivity contribution in [3.05, 3.63) is 34.5 Å². The van der Waals surface area contributed by atoms with E-state index in [2.05, 4.69) is 16.7 Å². The molecule has 0 fully saturated rings. The van der Waals surface area contributed by atoms with Gasteiger partial charge in [0.1, 0.15) is 0 Å². The van der Waals surface area contributed by atoms with Crippen LogP contribution in [0.15, 0.2) is 18.2 Å². The van der Waals surface area contributed by atoms with Crippen LogP contribution in [0, 0.1) is 0 Å². The van der Waals surface area contributed by atoms with Crippen molar-refractivity contribution in [2.45, 2.75) is 57.8 Å². The molecule has 0 saturated heterocycles. The predicted molar refractivity (Wildman–Crippen MR) is 111 cm³/mol. The first kappa shape index (κ1) is 19.7. The van der Waals surface area contributed by atoms with Gasteiger partial charge >= 0.3 is 6.09 Å². The summed E-state index contributed by atoms with van der Waals surface area (Å²) in [7, 11) is 0. The molecule has 0 atom stereocenters. The minimum absolute atomic E-state index is 0.547. The minimum Gasteiger partial charge on any atom is -0.465 e. The van der Waals surface area contributed by atoms with Crippen molar-refractivity contribution in [2.75, 3.05) is 18.4 Å². The van der Waals surface area contributed by atoms with Gasteiger partial charge in [-0.05, 0) is 62.3 Å². The normalized spacial score (nSPS) is 13.4. The summed E-state index contributed by atoms with van der Waals surface area (Å²) in [4.78, 5) is 15.3. The summed E-state index contributed by atoms with van der Waals surface area (Å²) < 4.78 is 0. The third-order valence-corrected chi connectivity index (χ3v) is 5.39. The summed E-state index contributed by atoms with van der Waals surface area (Å²) in [5, 5.41) is 16.5. The van der Waals surface area contributed by atoms with Crippen molar-refractivity contribution < 1.29 is 9.90 Å². The fraction of sp³-hybridized carbons (Fsp3) is 0.524. The Bertz CT molecular complexity index is 795. The standard InChI is InChI=1S/C21H28ClN3O2/c22-15-10-11-17-19(14-15)25-18-9-5-4-8-16(18)20(17)23-12-6-2-1-3-7-13-24-21(26)27/h10-11,14,24H,1-9,12-13H2,(H,23,25)(H,26,27). The van der Waals surface area contributed by atoms with Gasteiger partial charge in [-0.1, -0.05) is 30.9 Å². The maximum atomic E-state index is 10.4. The number of rotatable bonds is 9. The highest BCUT2D eigenvalue weighted by Crippen LogP contribution is 2.34. The quantitative estimate of drug-likeness (QED) is 0.502. The van der Waals surface area contributed by atoms with E-state index >= 15 is 0 Å². The van der Waals surface area contributed by atoms with Crippen molar-refractivity contribution in [1.82, 2.24) is 10.3 Å². The second-order valence-electron chi connectivity index (χ2n) is 7.21. The maximum Gasteiger partial charge on any atom is 0.404 e. The van der Waals surface area contributed by atoms with Crippen LogP contribution in [0.4, 0.5) is 10.5 Å². The van der Waals surface area contributed by atoms with E-state index < -0.39 is 6.09 Å². The van der Waals surface area contributed by atoms with Gasteiger partial charge in [-0.3, -0.25) is 4.98 Å². The number of hydrogen-bond acceptors (Lipinski definition) is 3. The van der Waals surface area contributed by atoms with E-state index in [1.807, 2.05) is 12.1 Å². The van der Waals surface area contributed by atoms with Crippen LogP contribution in [0.5, 0.6) is 0 Å². The Morgan fingerprint density at radius 1 is 1.07 bits per heavy atom. The molecule has 6 heteroatoms. The monoisotopic (exact) mass is 389 g/mol. The smallest absolute Gasteiger partial charge is 0.404 e. The highest BCUT2D eigenvalue weighted by atomic mass is 35.5. The van der Waals surface area contributed by atoms with Gasteiger partial charge in [-0.25, -0.2) is 4.79 Å². The van der Waals surface area contributed by atoms with E-state index in [0.717, 1.165) is 62.0 Å². The number of aryl methyl sites for hydroxylation is 1. The number of halogens is 1. The van der Waals surface area contributed by atoms with Crippen molar-refractivity contribution >= 4 is 34.3 Å². The molecule has 0 spiro atoms. The highest BCUT2D eigenvalue weighted by molar-refractivity contribution is 6.31. The summed E-state index contributed by atoms with van der Waals surface area (Å²) in [6.45, 7) is 1.49. The van der Waals surface area contributed by atoms with E-state index in [9.17, 15) is 4.79 Å². The van der Waals surface area contributed by atoms with E-state index in [1.54, 1.807) is 0 Å². The lowest BCUT2D eigenvalue weighted by Crippen LogP contribution is -2.21. The van der Waals surface area contributed by atoms with Crippen LogP contribution in [-0.4, -0.2) is 29.3 Å². The molecule has 0 unspecified atom stereocenters. The van der Waals surface area contributed by atoms with Crippen molar-refractivity contribution in [1.29, 1.82) is 0 Å². The second kappa shape index (κ2) is 9.79. The average molecular weight is 390 g/mol. The topological polar surface area (TPSA) is 74.2 Å². The van der Waals surface area contributed by atoms with Crippen molar-refractivity contribution in [3.8, 4) is 0 Å². The Hall–Kier alpha value is -2.01. The van der Waals surface area contributed by atoms with Crippen LogP contribution in [0.25, 0.3) is 10.9 Å². The van der Waals surface area contributed by atoms with E-state index in [1.165, 1.54) is 35.2 Å². The fourth-order valence-corrected chi connectivity index (χ4v) is 3.96. The maximum absolute atomic E-state index is 10.4.